The lowest BCUT2D eigenvalue weighted by Gasteiger charge is -2.32. The molecule has 86 valence electrons. The molecular formula is C12H22N2O. The molecule has 0 spiro atoms. The van der Waals surface area contributed by atoms with E-state index in [1.165, 1.54) is 19.3 Å². The van der Waals surface area contributed by atoms with Gasteiger partial charge in [-0.05, 0) is 25.7 Å². The van der Waals surface area contributed by atoms with Crippen molar-refractivity contribution in [3.05, 3.63) is 0 Å². The Labute approximate surface area is 92.2 Å². The molecule has 1 aliphatic carbocycles. The minimum Gasteiger partial charge on any atom is -0.344 e. The molecular weight excluding hydrogens is 188 g/mol. The normalized spacial score (nSPS) is 29.3. The van der Waals surface area contributed by atoms with Crippen LogP contribution in [0.1, 0.15) is 39.0 Å². The van der Waals surface area contributed by atoms with Gasteiger partial charge in [0.2, 0.25) is 5.91 Å². The third kappa shape index (κ3) is 3.20. The van der Waals surface area contributed by atoms with E-state index < -0.39 is 0 Å². The SMILES string of the molecule is CC(CC1CC1)NC1CCC(=O)N(C)C1. The maximum Gasteiger partial charge on any atom is 0.222 e. The van der Waals surface area contributed by atoms with E-state index >= 15 is 0 Å². The molecule has 0 radical (unpaired) electrons. The van der Waals surface area contributed by atoms with Crippen LogP contribution in [0.5, 0.6) is 0 Å². The smallest absolute Gasteiger partial charge is 0.222 e. The lowest BCUT2D eigenvalue weighted by atomic mass is 10.0. The molecule has 1 heterocycles. The van der Waals surface area contributed by atoms with Crippen molar-refractivity contribution in [2.45, 2.75) is 51.1 Å². The van der Waals surface area contributed by atoms with E-state index in [1.807, 2.05) is 11.9 Å². The zero-order valence-corrected chi connectivity index (χ0v) is 9.83. The minimum absolute atomic E-state index is 0.294. The number of hydrogen-bond acceptors (Lipinski definition) is 2. The number of hydrogen-bond donors (Lipinski definition) is 1. The van der Waals surface area contributed by atoms with Gasteiger partial charge in [0.25, 0.3) is 0 Å². The summed E-state index contributed by atoms with van der Waals surface area (Å²) in [6, 6.07) is 1.13. The molecule has 1 aliphatic heterocycles. The van der Waals surface area contributed by atoms with Gasteiger partial charge in [-0.2, -0.15) is 0 Å². The molecule has 2 aliphatic rings. The Morgan fingerprint density at radius 2 is 2.20 bits per heavy atom. The van der Waals surface area contributed by atoms with E-state index in [4.69, 9.17) is 0 Å². The van der Waals surface area contributed by atoms with Crippen molar-refractivity contribution in [1.29, 1.82) is 0 Å². The monoisotopic (exact) mass is 210 g/mol. The number of likely N-dealkylation sites (N-methyl/N-ethyl adjacent to an activating group) is 1. The fraction of sp³-hybridized carbons (Fsp3) is 0.917. The summed E-state index contributed by atoms with van der Waals surface area (Å²) in [5.41, 5.74) is 0. The van der Waals surface area contributed by atoms with Gasteiger partial charge in [0.05, 0.1) is 0 Å². The van der Waals surface area contributed by atoms with Crippen LogP contribution in [0.15, 0.2) is 0 Å². The molecule has 1 saturated carbocycles. The van der Waals surface area contributed by atoms with Gasteiger partial charge in [0.15, 0.2) is 0 Å². The number of likely N-dealkylation sites (tertiary alicyclic amines) is 1. The summed E-state index contributed by atoms with van der Waals surface area (Å²) >= 11 is 0. The van der Waals surface area contributed by atoms with E-state index in [-0.39, 0.29) is 0 Å². The molecule has 1 amide bonds. The number of carbonyl (C=O) groups is 1. The lowest BCUT2D eigenvalue weighted by Crippen LogP contribution is -2.49. The van der Waals surface area contributed by atoms with Crippen molar-refractivity contribution in [2.75, 3.05) is 13.6 Å². The number of rotatable bonds is 4. The highest BCUT2D eigenvalue weighted by molar-refractivity contribution is 5.76. The summed E-state index contributed by atoms with van der Waals surface area (Å²) in [6.07, 6.45) is 5.89. The second kappa shape index (κ2) is 4.52. The maximum absolute atomic E-state index is 11.3. The molecule has 2 atom stereocenters. The first kappa shape index (κ1) is 10.9. The first-order chi connectivity index (χ1) is 7.15. The van der Waals surface area contributed by atoms with Crippen LogP contribution in [-0.4, -0.2) is 36.5 Å². The summed E-state index contributed by atoms with van der Waals surface area (Å²) in [5.74, 6) is 1.28. The van der Waals surface area contributed by atoms with Gasteiger partial charge >= 0.3 is 0 Å². The zero-order chi connectivity index (χ0) is 10.8. The summed E-state index contributed by atoms with van der Waals surface area (Å²) in [5, 5.41) is 3.65. The fourth-order valence-corrected chi connectivity index (χ4v) is 2.47. The molecule has 0 aromatic rings. The number of carbonyl (C=O) groups excluding carboxylic acids is 1. The van der Waals surface area contributed by atoms with Crippen molar-refractivity contribution in [3.8, 4) is 0 Å². The fourth-order valence-electron chi connectivity index (χ4n) is 2.47. The van der Waals surface area contributed by atoms with Crippen molar-refractivity contribution in [1.82, 2.24) is 10.2 Å². The molecule has 2 rings (SSSR count). The Morgan fingerprint density at radius 1 is 1.47 bits per heavy atom. The Bertz CT molecular complexity index is 238. The predicted molar refractivity (Wildman–Crippen MR) is 60.6 cm³/mol. The number of nitrogens with one attached hydrogen (secondary N) is 1. The van der Waals surface area contributed by atoms with Crippen molar-refractivity contribution in [2.24, 2.45) is 5.92 Å². The van der Waals surface area contributed by atoms with Gasteiger partial charge in [-0.25, -0.2) is 0 Å². The highest BCUT2D eigenvalue weighted by Crippen LogP contribution is 2.33. The molecule has 3 nitrogen and oxygen atoms in total. The molecule has 0 aromatic heterocycles. The Morgan fingerprint density at radius 3 is 2.80 bits per heavy atom. The largest absolute Gasteiger partial charge is 0.344 e. The average Bonchev–Trinajstić information content (AvgIpc) is 2.95. The van der Waals surface area contributed by atoms with E-state index in [2.05, 4.69) is 12.2 Å². The second-order valence-corrected chi connectivity index (χ2v) is 5.26. The molecule has 1 saturated heterocycles. The Kier molecular flexibility index (Phi) is 3.29. The van der Waals surface area contributed by atoms with Crippen LogP contribution in [0, 0.1) is 5.92 Å². The molecule has 1 N–H and O–H groups in total. The van der Waals surface area contributed by atoms with Crippen LogP contribution < -0.4 is 5.32 Å². The van der Waals surface area contributed by atoms with E-state index in [9.17, 15) is 4.79 Å². The van der Waals surface area contributed by atoms with Gasteiger partial charge in [-0.1, -0.05) is 12.8 Å². The molecule has 2 unspecified atom stereocenters. The van der Waals surface area contributed by atoms with Crippen LogP contribution in [0.2, 0.25) is 0 Å². The summed E-state index contributed by atoms with van der Waals surface area (Å²) in [4.78, 5) is 13.2. The second-order valence-electron chi connectivity index (χ2n) is 5.26. The topological polar surface area (TPSA) is 32.3 Å². The molecule has 0 bridgehead atoms. The summed E-state index contributed by atoms with van der Waals surface area (Å²) < 4.78 is 0. The zero-order valence-electron chi connectivity index (χ0n) is 9.83. The number of nitrogens with zero attached hydrogens (tertiary/aromatic N) is 1. The predicted octanol–water partition coefficient (Wildman–Crippen LogP) is 1.39. The van der Waals surface area contributed by atoms with Crippen LogP contribution in [0.25, 0.3) is 0 Å². The lowest BCUT2D eigenvalue weighted by molar-refractivity contribution is -0.132. The standard InChI is InChI=1S/C12H22N2O/c1-9(7-10-3-4-10)13-11-5-6-12(15)14(2)8-11/h9-11,13H,3-8H2,1-2H3. The molecule has 15 heavy (non-hydrogen) atoms. The average molecular weight is 210 g/mol. The van der Waals surface area contributed by atoms with Gasteiger partial charge < -0.3 is 10.2 Å². The highest BCUT2D eigenvalue weighted by Gasteiger charge is 2.27. The van der Waals surface area contributed by atoms with Gasteiger partial charge in [-0.15, -0.1) is 0 Å². The van der Waals surface area contributed by atoms with Gasteiger partial charge in [0.1, 0.15) is 0 Å². The maximum atomic E-state index is 11.3. The molecule has 2 fully saturated rings. The van der Waals surface area contributed by atoms with Crippen molar-refractivity contribution < 1.29 is 4.79 Å². The van der Waals surface area contributed by atoms with E-state index in [0.29, 0.717) is 24.4 Å². The molecule has 3 heteroatoms. The quantitative estimate of drug-likeness (QED) is 0.760. The third-order valence-corrected chi connectivity index (χ3v) is 3.53. The van der Waals surface area contributed by atoms with Crippen molar-refractivity contribution in [3.63, 3.8) is 0 Å². The van der Waals surface area contributed by atoms with Crippen LogP contribution in [0.3, 0.4) is 0 Å². The number of amides is 1. The number of piperidine rings is 1. The van der Waals surface area contributed by atoms with E-state index in [1.54, 1.807) is 0 Å². The van der Waals surface area contributed by atoms with E-state index in [0.717, 1.165) is 18.9 Å². The van der Waals surface area contributed by atoms with Gasteiger partial charge in [0, 0.05) is 32.1 Å². The van der Waals surface area contributed by atoms with Crippen LogP contribution in [-0.2, 0) is 4.79 Å². The van der Waals surface area contributed by atoms with Crippen LogP contribution >= 0.6 is 0 Å². The summed E-state index contributed by atoms with van der Waals surface area (Å²) in [7, 11) is 1.90. The summed E-state index contributed by atoms with van der Waals surface area (Å²) in [6.45, 7) is 3.16. The first-order valence-corrected chi connectivity index (χ1v) is 6.15. The minimum atomic E-state index is 0.294. The Balaban J connectivity index is 1.71. The van der Waals surface area contributed by atoms with Crippen LogP contribution in [0.4, 0.5) is 0 Å². The first-order valence-electron chi connectivity index (χ1n) is 6.15. The highest BCUT2D eigenvalue weighted by atomic mass is 16.2. The van der Waals surface area contributed by atoms with Crippen molar-refractivity contribution >= 4 is 5.91 Å². The molecule has 0 aromatic carbocycles. The Hall–Kier alpha value is -0.570. The van der Waals surface area contributed by atoms with Gasteiger partial charge in [-0.3, -0.25) is 4.79 Å². The third-order valence-electron chi connectivity index (χ3n) is 3.53.